The van der Waals surface area contributed by atoms with Gasteiger partial charge in [0.2, 0.25) is 5.72 Å². The number of aldehydes is 1. The van der Waals surface area contributed by atoms with Crippen LogP contribution in [0.25, 0.3) is 10.4 Å². The first-order valence-electron chi connectivity index (χ1n) is 3.23. The molecule has 0 aromatic carbocycles. The smallest absolute Gasteiger partial charge is 0.227 e. The lowest BCUT2D eigenvalue weighted by Gasteiger charge is -2.25. The van der Waals surface area contributed by atoms with Crippen molar-refractivity contribution < 1.29 is 25.2 Å². The van der Waals surface area contributed by atoms with Gasteiger partial charge < -0.3 is 20.4 Å². The summed E-state index contributed by atoms with van der Waals surface area (Å²) in [4.78, 5) is 12.3. The second kappa shape index (κ2) is 4.75. The summed E-state index contributed by atoms with van der Waals surface area (Å²) in [6.07, 6.45) is -4.05. The summed E-state index contributed by atoms with van der Waals surface area (Å²) in [7, 11) is 0. The van der Waals surface area contributed by atoms with Crippen molar-refractivity contribution in [3.05, 3.63) is 10.4 Å². The third kappa shape index (κ3) is 2.65. The maximum absolute atomic E-state index is 10.2. The van der Waals surface area contributed by atoms with E-state index in [1.165, 1.54) is 0 Å². The third-order valence-electron chi connectivity index (χ3n) is 1.37. The van der Waals surface area contributed by atoms with E-state index in [9.17, 15) is 4.79 Å². The summed E-state index contributed by atoms with van der Waals surface area (Å²) in [5.41, 5.74) is 5.17. The van der Waals surface area contributed by atoms with Gasteiger partial charge in [0.25, 0.3) is 0 Å². The molecule has 0 aromatic heterocycles. The van der Waals surface area contributed by atoms with Crippen LogP contribution in [-0.4, -0.2) is 51.3 Å². The number of carbonyl (C=O) groups is 1. The fourth-order valence-electron chi connectivity index (χ4n) is 0.607. The van der Waals surface area contributed by atoms with Crippen molar-refractivity contribution >= 4 is 6.29 Å². The molecule has 0 aromatic rings. The normalized spacial score (nSPS) is 19.4. The molecule has 0 rings (SSSR count). The maximum Gasteiger partial charge on any atom is 0.227 e. The molecule has 0 bridgehead atoms. The summed E-state index contributed by atoms with van der Waals surface area (Å²) in [5.74, 6) is 0. The van der Waals surface area contributed by atoms with Crippen molar-refractivity contribution in [2.75, 3.05) is 6.61 Å². The molecule has 0 fully saturated rings. The van der Waals surface area contributed by atoms with Gasteiger partial charge in [0.15, 0.2) is 6.29 Å². The van der Waals surface area contributed by atoms with Gasteiger partial charge in [-0.1, -0.05) is 0 Å². The molecule has 3 atom stereocenters. The van der Waals surface area contributed by atoms with Gasteiger partial charge in [0.05, 0.1) is 6.61 Å². The summed E-state index contributed by atoms with van der Waals surface area (Å²) in [5, 5.41) is 37.9. The van der Waals surface area contributed by atoms with E-state index in [1.54, 1.807) is 0 Å². The topological polar surface area (TPSA) is 147 Å². The Morgan fingerprint density at radius 1 is 1.62 bits per heavy atom. The van der Waals surface area contributed by atoms with E-state index in [0.29, 0.717) is 0 Å². The molecule has 4 N–H and O–H groups in total. The van der Waals surface area contributed by atoms with Crippen LogP contribution in [0.2, 0.25) is 0 Å². The van der Waals surface area contributed by atoms with Gasteiger partial charge in [-0.25, -0.2) is 0 Å². The molecule has 8 heteroatoms. The zero-order valence-corrected chi connectivity index (χ0v) is 6.48. The SMILES string of the molecule is [N-]=[N+]=N[C@](O)(C=O)[C@H](O)[C@H](O)CO. The zero-order valence-electron chi connectivity index (χ0n) is 6.48. The van der Waals surface area contributed by atoms with Crippen molar-refractivity contribution in [1.29, 1.82) is 0 Å². The highest BCUT2D eigenvalue weighted by atomic mass is 16.4. The highest BCUT2D eigenvalue weighted by Crippen LogP contribution is 2.13. The van der Waals surface area contributed by atoms with E-state index in [-0.39, 0.29) is 6.29 Å². The second-order valence-electron chi connectivity index (χ2n) is 2.29. The van der Waals surface area contributed by atoms with Crippen molar-refractivity contribution in [1.82, 2.24) is 0 Å². The summed E-state index contributed by atoms with van der Waals surface area (Å²) in [6.45, 7) is -0.877. The van der Waals surface area contributed by atoms with Gasteiger partial charge in [0.1, 0.15) is 12.2 Å². The Kier molecular flexibility index (Phi) is 4.32. The van der Waals surface area contributed by atoms with E-state index < -0.39 is 24.5 Å². The Bertz CT molecular complexity index is 228. The number of carbonyl (C=O) groups excluding carboxylic acids is 1. The molecule has 0 radical (unpaired) electrons. The number of azide groups is 1. The first-order valence-corrected chi connectivity index (χ1v) is 3.23. The Balaban J connectivity index is 4.74. The van der Waals surface area contributed by atoms with Gasteiger partial charge in [0, 0.05) is 4.91 Å². The van der Waals surface area contributed by atoms with E-state index in [2.05, 4.69) is 10.0 Å². The molecule has 0 saturated carbocycles. The van der Waals surface area contributed by atoms with Crippen LogP contribution in [0.1, 0.15) is 0 Å². The Morgan fingerprint density at radius 3 is 2.46 bits per heavy atom. The van der Waals surface area contributed by atoms with E-state index in [4.69, 9.17) is 26.0 Å². The lowest BCUT2D eigenvalue weighted by atomic mass is 10.0. The number of rotatable bonds is 5. The van der Waals surface area contributed by atoms with Crippen molar-refractivity contribution in [2.45, 2.75) is 17.9 Å². The average molecular weight is 191 g/mol. The first-order chi connectivity index (χ1) is 6.01. The van der Waals surface area contributed by atoms with Crippen LogP contribution < -0.4 is 0 Å². The Labute approximate surface area is 72.7 Å². The largest absolute Gasteiger partial charge is 0.394 e. The van der Waals surface area contributed by atoms with Gasteiger partial charge in [-0.3, -0.25) is 4.79 Å². The predicted octanol–water partition coefficient (Wildman–Crippen LogP) is -2.10. The van der Waals surface area contributed by atoms with E-state index >= 15 is 0 Å². The molecule has 0 spiro atoms. The Hall–Kier alpha value is -1.18. The third-order valence-corrected chi connectivity index (χ3v) is 1.37. The molecule has 0 aliphatic heterocycles. The molecule has 0 amide bonds. The van der Waals surface area contributed by atoms with Gasteiger partial charge in [-0.05, 0) is 10.6 Å². The van der Waals surface area contributed by atoms with Crippen molar-refractivity contribution in [3.63, 3.8) is 0 Å². The quantitative estimate of drug-likeness (QED) is 0.170. The van der Waals surface area contributed by atoms with Crippen molar-refractivity contribution in [3.8, 4) is 0 Å². The van der Waals surface area contributed by atoms with Gasteiger partial charge in [-0.2, -0.15) is 0 Å². The number of aliphatic hydroxyl groups is 4. The summed E-state index contributed by atoms with van der Waals surface area (Å²) >= 11 is 0. The predicted molar refractivity (Wildman–Crippen MR) is 39.3 cm³/mol. The van der Waals surface area contributed by atoms with Crippen molar-refractivity contribution in [2.24, 2.45) is 5.11 Å². The maximum atomic E-state index is 10.2. The van der Waals surface area contributed by atoms with Crippen LogP contribution in [0.3, 0.4) is 0 Å². The molecular weight excluding hydrogens is 182 g/mol. The fraction of sp³-hybridized carbons (Fsp3) is 0.800. The summed E-state index contributed by atoms with van der Waals surface area (Å²) < 4.78 is 0. The van der Waals surface area contributed by atoms with Crippen LogP contribution in [0.5, 0.6) is 0 Å². The molecule has 0 heterocycles. The number of aliphatic hydroxyl groups excluding tert-OH is 3. The number of hydrogen-bond donors (Lipinski definition) is 4. The monoisotopic (exact) mass is 191 g/mol. The second-order valence-corrected chi connectivity index (χ2v) is 2.29. The molecule has 8 nitrogen and oxygen atoms in total. The minimum absolute atomic E-state index is 0.226. The minimum atomic E-state index is -2.75. The molecule has 0 saturated heterocycles. The molecule has 74 valence electrons. The van der Waals surface area contributed by atoms with E-state index in [0.717, 1.165) is 0 Å². The lowest BCUT2D eigenvalue weighted by molar-refractivity contribution is -0.151. The van der Waals surface area contributed by atoms with Gasteiger partial charge >= 0.3 is 0 Å². The standard InChI is InChI=1S/C5H9N3O5/c6-8-7-5(13,2-10)4(12)3(11)1-9/h2-4,9,11-13H,1H2/t3-,4-,5+/m1/s1. The van der Waals surface area contributed by atoms with Gasteiger partial charge in [-0.15, -0.1) is 0 Å². The number of nitrogens with zero attached hydrogens (tertiary/aromatic N) is 3. The Morgan fingerprint density at radius 2 is 2.15 bits per heavy atom. The zero-order chi connectivity index (χ0) is 10.5. The molecular formula is C5H9N3O5. The lowest BCUT2D eigenvalue weighted by Crippen LogP contribution is -2.50. The molecule has 13 heavy (non-hydrogen) atoms. The van der Waals surface area contributed by atoms with Crippen LogP contribution in [0, 0.1) is 0 Å². The highest BCUT2D eigenvalue weighted by molar-refractivity contribution is 5.62. The van der Waals surface area contributed by atoms with Crippen LogP contribution in [-0.2, 0) is 4.79 Å². The van der Waals surface area contributed by atoms with Crippen LogP contribution >= 0.6 is 0 Å². The first kappa shape index (κ1) is 11.8. The fourth-order valence-corrected chi connectivity index (χ4v) is 0.607. The molecule has 0 aliphatic carbocycles. The van der Waals surface area contributed by atoms with E-state index in [1.807, 2.05) is 0 Å². The summed E-state index contributed by atoms with van der Waals surface area (Å²) in [6, 6.07) is 0. The highest BCUT2D eigenvalue weighted by Gasteiger charge is 2.39. The van der Waals surface area contributed by atoms with Crippen LogP contribution in [0.4, 0.5) is 0 Å². The van der Waals surface area contributed by atoms with Crippen LogP contribution in [0.15, 0.2) is 5.11 Å². The minimum Gasteiger partial charge on any atom is -0.394 e. The molecule has 0 aliphatic rings. The number of hydrogen-bond acceptors (Lipinski definition) is 6. The average Bonchev–Trinajstić information content (AvgIpc) is 2.15. The molecule has 0 unspecified atom stereocenters.